The van der Waals surface area contributed by atoms with Crippen LogP contribution in [0.4, 0.5) is 10.1 Å². The van der Waals surface area contributed by atoms with Gasteiger partial charge in [-0.2, -0.15) is 0 Å². The molecule has 150 valence electrons. The van der Waals surface area contributed by atoms with Crippen molar-refractivity contribution >= 4 is 33.8 Å². The molecule has 0 aliphatic carbocycles. The molecule has 0 bridgehead atoms. The van der Waals surface area contributed by atoms with Crippen molar-refractivity contribution in [1.29, 1.82) is 0 Å². The molecule has 3 aliphatic heterocycles. The fourth-order valence-electron chi connectivity index (χ4n) is 3.15. The van der Waals surface area contributed by atoms with Crippen LogP contribution in [0.1, 0.15) is 25.8 Å². The number of ether oxygens (including phenoxy) is 1. The summed E-state index contributed by atoms with van der Waals surface area (Å²) in [5, 5.41) is 4.19. The Morgan fingerprint density at radius 1 is 1.43 bits per heavy atom. The van der Waals surface area contributed by atoms with E-state index in [9.17, 15) is 9.18 Å². The summed E-state index contributed by atoms with van der Waals surface area (Å²) in [5.74, 6) is 1.18. The average molecular weight is 405 g/mol. The SMILES string of the molecule is CC(=O)C1CCOC1.CC1=N/C=C(\N2CCc3cc(F)ccc32)NC/N=C/S1. The number of carbonyl (C=O) groups excluding carboxylic acids is 1. The van der Waals surface area contributed by atoms with Gasteiger partial charge in [0.15, 0.2) is 0 Å². The molecule has 1 N–H and O–H groups in total. The number of rotatable bonds is 2. The van der Waals surface area contributed by atoms with Gasteiger partial charge < -0.3 is 15.0 Å². The van der Waals surface area contributed by atoms with Crippen LogP contribution in [0.3, 0.4) is 0 Å². The Morgan fingerprint density at radius 3 is 3.00 bits per heavy atom. The molecule has 1 aromatic rings. The molecule has 1 atom stereocenters. The third-order valence-corrected chi connectivity index (χ3v) is 5.45. The standard InChI is InChI=1S/C14H15FN4S.C6H10O2/c1-10-17-7-14(18-8-16-9-20-10)19-5-4-11-6-12(15)2-3-13(11)19;1-5(7)6-2-3-8-4-6/h2-3,6-7,9,18H,4-5,8H2,1H3;6H,2-4H2,1H3/b14-7-,16-9+,17-10?;. The van der Waals surface area contributed by atoms with Crippen LogP contribution >= 0.6 is 11.8 Å². The van der Waals surface area contributed by atoms with Crippen LogP contribution in [0.5, 0.6) is 0 Å². The van der Waals surface area contributed by atoms with E-state index in [-0.39, 0.29) is 17.5 Å². The molecule has 1 unspecified atom stereocenters. The Balaban J connectivity index is 0.000000236. The van der Waals surface area contributed by atoms with Crippen LogP contribution in [0, 0.1) is 11.7 Å². The molecule has 0 saturated carbocycles. The van der Waals surface area contributed by atoms with Crippen molar-refractivity contribution < 1.29 is 13.9 Å². The molecule has 1 aromatic carbocycles. The van der Waals surface area contributed by atoms with E-state index in [2.05, 4.69) is 20.2 Å². The number of aliphatic imine (C=N–C) groups is 2. The van der Waals surface area contributed by atoms with E-state index in [1.807, 2.05) is 19.2 Å². The van der Waals surface area contributed by atoms with Crippen molar-refractivity contribution in [3.63, 3.8) is 0 Å². The predicted molar refractivity (Wildman–Crippen MR) is 112 cm³/mol. The smallest absolute Gasteiger partial charge is 0.135 e. The summed E-state index contributed by atoms with van der Waals surface area (Å²) in [4.78, 5) is 21.3. The zero-order chi connectivity index (χ0) is 19.9. The maximum Gasteiger partial charge on any atom is 0.135 e. The van der Waals surface area contributed by atoms with E-state index in [0.29, 0.717) is 13.3 Å². The molecule has 0 aromatic heterocycles. The first kappa shape index (κ1) is 20.5. The lowest BCUT2D eigenvalue weighted by atomic mass is 10.1. The number of nitrogens with zero attached hydrogens (tertiary/aromatic N) is 3. The van der Waals surface area contributed by atoms with Gasteiger partial charge in [-0.25, -0.2) is 4.39 Å². The molecule has 1 fully saturated rings. The fraction of sp³-hybridized carbons (Fsp3) is 0.450. The monoisotopic (exact) mass is 404 g/mol. The zero-order valence-electron chi connectivity index (χ0n) is 16.2. The first-order chi connectivity index (χ1) is 13.5. The number of hydrogen-bond acceptors (Lipinski definition) is 7. The molecule has 1 saturated heterocycles. The van der Waals surface area contributed by atoms with Crippen molar-refractivity contribution in [2.45, 2.75) is 26.7 Å². The van der Waals surface area contributed by atoms with E-state index >= 15 is 0 Å². The number of benzene rings is 1. The minimum absolute atomic E-state index is 0.183. The maximum atomic E-state index is 13.3. The largest absolute Gasteiger partial charge is 0.381 e. The molecule has 0 amide bonds. The van der Waals surface area contributed by atoms with Crippen LogP contribution in [0.15, 0.2) is 40.2 Å². The fourth-order valence-corrected chi connectivity index (χ4v) is 3.56. The highest BCUT2D eigenvalue weighted by Gasteiger charge is 2.22. The lowest BCUT2D eigenvalue weighted by Crippen LogP contribution is -2.30. The number of thioether (sulfide) groups is 1. The maximum absolute atomic E-state index is 13.3. The summed E-state index contributed by atoms with van der Waals surface area (Å²) in [6, 6.07) is 4.92. The number of hydrogen-bond donors (Lipinski definition) is 1. The Morgan fingerprint density at radius 2 is 2.29 bits per heavy atom. The zero-order valence-corrected chi connectivity index (χ0v) is 17.0. The number of anilines is 1. The highest BCUT2D eigenvalue weighted by molar-refractivity contribution is 8.25. The van der Waals surface area contributed by atoms with Gasteiger partial charge in [0, 0.05) is 24.8 Å². The Hall–Kier alpha value is -2.19. The summed E-state index contributed by atoms with van der Waals surface area (Å²) in [7, 11) is 0. The van der Waals surface area contributed by atoms with Crippen LogP contribution in [-0.4, -0.2) is 42.8 Å². The van der Waals surface area contributed by atoms with Gasteiger partial charge >= 0.3 is 0 Å². The van der Waals surface area contributed by atoms with Crippen molar-refractivity contribution in [1.82, 2.24) is 5.32 Å². The summed E-state index contributed by atoms with van der Waals surface area (Å²) in [6.45, 7) is 6.32. The summed E-state index contributed by atoms with van der Waals surface area (Å²) >= 11 is 1.50. The van der Waals surface area contributed by atoms with Crippen molar-refractivity contribution in [3.05, 3.63) is 41.6 Å². The van der Waals surface area contributed by atoms with Gasteiger partial charge in [-0.05, 0) is 50.5 Å². The molecule has 0 spiro atoms. The Bertz CT molecular complexity index is 803. The topological polar surface area (TPSA) is 66.3 Å². The molecule has 3 aliphatic rings. The minimum Gasteiger partial charge on any atom is -0.381 e. The van der Waals surface area contributed by atoms with Crippen LogP contribution < -0.4 is 10.2 Å². The third-order valence-electron chi connectivity index (χ3n) is 4.75. The van der Waals surface area contributed by atoms with Crippen molar-refractivity contribution in [2.24, 2.45) is 15.9 Å². The van der Waals surface area contributed by atoms with Crippen molar-refractivity contribution in [2.75, 3.05) is 31.3 Å². The summed E-state index contributed by atoms with van der Waals surface area (Å²) in [6.07, 6.45) is 3.58. The number of nitrogens with one attached hydrogen (secondary N) is 1. The number of Topliss-reactive ketones (excluding diaryl/α,β-unsaturated/α-hetero) is 1. The van der Waals surface area contributed by atoms with E-state index < -0.39 is 0 Å². The van der Waals surface area contributed by atoms with E-state index in [4.69, 9.17) is 4.74 Å². The van der Waals surface area contributed by atoms with Gasteiger partial charge in [-0.15, -0.1) is 0 Å². The minimum atomic E-state index is -0.183. The Kier molecular flexibility index (Phi) is 7.22. The molecule has 28 heavy (non-hydrogen) atoms. The molecular formula is C20H25FN4O2S. The number of carbonyl (C=O) groups is 1. The lowest BCUT2D eigenvalue weighted by molar-refractivity contribution is -0.120. The van der Waals surface area contributed by atoms with E-state index in [1.54, 1.807) is 18.5 Å². The predicted octanol–water partition coefficient (Wildman–Crippen LogP) is 3.34. The molecular weight excluding hydrogens is 379 g/mol. The molecule has 4 rings (SSSR count). The van der Waals surface area contributed by atoms with Gasteiger partial charge in [-0.3, -0.25) is 14.8 Å². The normalized spacial score (nSPS) is 24.2. The average Bonchev–Trinajstić information content (AvgIpc) is 3.34. The lowest BCUT2D eigenvalue weighted by Gasteiger charge is -2.22. The second kappa shape index (κ2) is 9.84. The highest BCUT2D eigenvalue weighted by Crippen LogP contribution is 2.30. The van der Waals surface area contributed by atoms with Crippen molar-refractivity contribution in [3.8, 4) is 0 Å². The van der Waals surface area contributed by atoms with Gasteiger partial charge in [0.2, 0.25) is 0 Å². The molecule has 6 nitrogen and oxygen atoms in total. The number of fused-ring (bicyclic) bond motifs is 1. The summed E-state index contributed by atoms with van der Waals surface area (Å²) in [5.41, 5.74) is 3.86. The third kappa shape index (κ3) is 5.42. The van der Waals surface area contributed by atoms with Gasteiger partial charge in [0.05, 0.1) is 23.4 Å². The van der Waals surface area contributed by atoms with E-state index in [1.165, 1.54) is 17.8 Å². The van der Waals surface area contributed by atoms with Gasteiger partial charge in [-0.1, -0.05) is 11.8 Å². The second-order valence-corrected chi connectivity index (χ2v) is 7.79. The molecule has 8 heteroatoms. The second-order valence-electron chi connectivity index (χ2n) is 6.75. The number of halogens is 1. The summed E-state index contributed by atoms with van der Waals surface area (Å²) < 4.78 is 18.3. The van der Waals surface area contributed by atoms with E-state index in [0.717, 1.165) is 48.1 Å². The van der Waals surface area contributed by atoms with Crippen LogP contribution in [0.25, 0.3) is 0 Å². The molecule has 0 radical (unpaired) electrons. The first-order valence-electron chi connectivity index (χ1n) is 9.32. The van der Waals surface area contributed by atoms with Crippen LogP contribution in [-0.2, 0) is 16.0 Å². The molecule has 3 heterocycles. The Labute approximate surface area is 169 Å². The van der Waals surface area contributed by atoms with Crippen LogP contribution in [0.2, 0.25) is 0 Å². The highest BCUT2D eigenvalue weighted by atomic mass is 32.2. The van der Waals surface area contributed by atoms with Gasteiger partial charge in [0.25, 0.3) is 0 Å². The first-order valence-corrected chi connectivity index (χ1v) is 10.2. The quantitative estimate of drug-likeness (QED) is 0.819. The van der Waals surface area contributed by atoms with Gasteiger partial charge in [0.1, 0.15) is 24.1 Å². The number of ketones is 1.